The number of benzene rings is 2. The van der Waals surface area contributed by atoms with Crippen molar-refractivity contribution in [2.75, 3.05) is 19.7 Å². The maximum Gasteiger partial charge on any atom is 0.253 e. The first kappa shape index (κ1) is 18.6. The molecule has 1 fully saturated rings. The van der Waals surface area contributed by atoms with Crippen molar-refractivity contribution in [2.24, 2.45) is 0 Å². The molecular weight excluding hydrogens is 350 g/mol. The number of carbonyl (C=O) groups excluding carboxylic acids is 1. The first-order valence-electron chi connectivity index (χ1n) is 9.02. The third-order valence-electron chi connectivity index (χ3n) is 4.52. The van der Waals surface area contributed by atoms with Crippen LogP contribution in [0.1, 0.15) is 41.3 Å². The minimum absolute atomic E-state index is 0.0779. The number of amides is 1. The molecule has 1 aliphatic heterocycles. The standard InChI is InChI=1S/C21H24ClNO3/c1-3-25-20-9-6-16(21(24)23-10-4-5-11-23)13-17(20)14-26-18-7-8-19(22)15(2)12-18/h6-9,12-13H,3-5,10-11,14H2,1-2H3. The molecule has 4 nitrogen and oxygen atoms in total. The van der Waals surface area contributed by atoms with E-state index < -0.39 is 0 Å². The Labute approximate surface area is 159 Å². The summed E-state index contributed by atoms with van der Waals surface area (Å²) in [5.41, 5.74) is 2.51. The largest absolute Gasteiger partial charge is 0.493 e. The molecule has 0 saturated carbocycles. The van der Waals surface area contributed by atoms with Crippen LogP contribution >= 0.6 is 11.6 Å². The summed E-state index contributed by atoms with van der Waals surface area (Å²) in [6, 6.07) is 11.1. The van der Waals surface area contributed by atoms with Crippen molar-refractivity contribution in [1.82, 2.24) is 4.90 Å². The molecule has 0 aliphatic carbocycles. The minimum Gasteiger partial charge on any atom is -0.493 e. The lowest BCUT2D eigenvalue weighted by molar-refractivity contribution is 0.0792. The van der Waals surface area contributed by atoms with Crippen molar-refractivity contribution < 1.29 is 14.3 Å². The average molecular weight is 374 g/mol. The van der Waals surface area contributed by atoms with Gasteiger partial charge in [0.1, 0.15) is 18.1 Å². The van der Waals surface area contributed by atoms with E-state index in [2.05, 4.69) is 0 Å². The molecule has 1 heterocycles. The number of likely N-dealkylation sites (tertiary alicyclic amines) is 1. The number of halogens is 1. The van der Waals surface area contributed by atoms with Crippen LogP contribution in [-0.4, -0.2) is 30.5 Å². The van der Waals surface area contributed by atoms with E-state index in [1.54, 1.807) is 0 Å². The highest BCUT2D eigenvalue weighted by molar-refractivity contribution is 6.31. The van der Waals surface area contributed by atoms with Crippen LogP contribution in [0.5, 0.6) is 11.5 Å². The zero-order valence-electron chi connectivity index (χ0n) is 15.3. The van der Waals surface area contributed by atoms with Crippen LogP contribution in [0.4, 0.5) is 0 Å². The summed E-state index contributed by atoms with van der Waals surface area (Å²) in [4.78, 5) is 14.6. The van der Waals surface area contributed by atoms with Crippen LogP contribution < -0.4 is 9.47 Å². The van der Waals surface area contributed by atoms with Crippen LogP contribution in [0.3, 0.4) is 0 Å². The van der Waals surface area contributed by atoms with Crippen molar-refractivity contribution in [1.29, 1.82) is 0 Å². The molecule has 1 aliphatic rings. The highest BCUT2D eigenvalue weighted by Crippen LogP contribution is 2.26. The molecule has 1 saturated heterocycles. The van der Waals surface area contributed by atoms with Gasteiger partial charge in [-0.15, -0.1) is 0 Å². The number of ether oxygens (including phenoxy) is 2. The number of aryl methyl sites for hydroxylation is 1. The fourth-order valence-electron chi connectivity index (χ4n) is 3.09. The monoisotopic (exact) mass is 373 g/mol. The van der Waals surface area contributed by atoms with Gasteiger partial charge in [0.15, 0.2) is 0 Å². The fraction of sp³-hybridized carbons (Fsp3) is 0.381. The summed E-state index contributed by atoms with van der Waals surface area (Å²) in [6.45, 7) is 6.44. The van der Waals surface area contributed by atoms with Gasteiger partial charge in [-0.1, -0.05) is 11.6 Å². The predicted molar refractivity (Wildman–Crippen MR) is 103 cm³/mol. The smallest absolute Gasteiger partial charge is 0.253 e. The van der Waals surface area contributed by atoms with Gasteiger partial charge in [0.25, 0.3) is 5.91 Å². The third-order valence-corrected chi connectivity index (χ3v) is 4.95. The molecule has 2 aromatic rings. The molecular formula is C21H24ClNO3. The van der Waals surface area contributed by atoms with Gasteiger partial charge in [-0.3, -0.25) is 4.79 Å². The molecule has 0 bridgehead atoms. The Morgan fingerprint density at radius 3 is 2.58 bits per heavy atom. The Balaban J connectivity index is 1.79. The maximum absolute atomic E-state index is 12.7. The molecule has 0 unspecified atom stereocenters. The summed E-state index contributed by atoms with van der Waals surface area (Å²) < 4.78 is 11.6. The van der Waals surface area contributed by atoms with Crippen molar-refractivity contribution in [2.45, 2.75) is 33.3 Å². The van der Waals surface area contributed by atoms with Crippen molar-refractivity contribution >= 4 is 17.5 Å². The highest BCUT2D eigenvalue weighted by Gasteiger charge is 2.20. The van der Waals surface area contributed by atoms with Crippen molar-refractivity contribution in [3.63, 3.8) is 0 Å². The molecule has 5 heteroatoms. The van der Waals surface area contributed by atoms with E-state index >= 15 is 0 Å². The van der Waals surface area contributed by atoms with Gasteiger partial charge >= 0.3 is 0 Å². The van der Waals surface area contributed by atoms with E-state index in [-0.39, 0.29) is 5.91 Å². The quantitative estimate of drug-likeness (QED) is 0.725. The van der Waals surface area contributed by atoms with Gasteiger partial charge in [-0.2, -0.15) is 0 Å². The molecule has 3 rings (SSSR count). The molecule has 138 valence electrons. The number of hydrogen-bond donors (Lipinski definition) is 0. The van der Waals surface area contributed by atoms with Gasteiger partial charge in [-0.25, -0.2) is 0 Å². The predicted octanol–water partition coefficient (Wildman–Crippen LogP) is 4.86. The van der Waals surface area contributed by atoms with Gasteiger partial charge in [0.05, 0.1) is 6.61 Å². The molecule has 1 amide bonds. The Bertz CT molecular complexity index is 785. The van der Waals surface area contributed by atoms with E-state index in [0.29, 0.717) is 23.8 Å². The molecule has 2 aromatic carbocycles. The second-order valence-corrected chi connectivity index (χ2v) is 6.86. The second-order valence-electron chi connectivity index (χ2n) is 6.45. The fourth-order valence-corrected chi connectivity index (χ4v) is 3.21. The van der Waals surface area contributed by atoms with Gasteiger partial charge < -0.3 is 14.4 Å². The molecule has 0 spiro atoms. The highest BCUT2D eigenvalue weighted by atomic mass is 35.5. The molecule has 0 radical (unpaired) electrons. The van der Waals surface area contributed by atoms with E-state index in [1.807, 2.05) is 55.1 Å². The minimum atomic E-state index is 0.0779. The summed E-state index contributed by atoms with van der Waals surface area (Å²) in [7, 11) is 0. The Morgan fingerprint density at radius 2 is 1.88 bits per heavy atom. The van der Waals surface area contributed by atoms with Crippen LogP contribution in [0, 0.1) is 6.92 Å². The Morgan fingerprint density at radius 1 is 1.12 bits per heavy atom. The number of rotatable bonds is 6. The molecule has 26 heavy (non-hydrogen) atoms. The van der Waals surface area contributed by atoms with Crippen LogP contribution in [0.25, 0.3) is 0 Å². The Kier molecular flexibility index (Phi) is 6.04. The molecule has 0 aromatic heterocycles. The number of hydrogen-bond acceptors (Lipinski definition) is 3. The van der Waals surface area contributed by atoms with Crippen molar-refractivity contribution in [3.8, 4) is 11.5 Å². The van der Waals surface area contributed by atoms with Crippen LogP contribution in [-0.2, 0) is 6.61 Å². The zero-order valence-corrected chi connectivity index (χ0v) is 16.0. The van der Waals surface area contributed by atoms with Crippen LogP contribution in [0.15, 0.2) is 36.4 Å². The molecule has 0 atom stereocenters. The normalized spacial score (nSPS) is 13.7. The lowest BCUT2D eigenvalue weighted by Crippen LogP contribution is -2.27. The number of carbonyl (C=O) groups is 1. The van der Waals surface area contributed by atoms with Gasteiger partial charge in [0.2, 0.25) is 0 Å². The summed E-state index contributed by atoms with van der Waals surface area (Å²) >= 11 is 6.06. The maximum atomic E-state index is 12.7. The Hall–Kier alpha value is -2.20. The first-order chi connectivity index (χ1) is 12.6. The topological polar surface area (TPSA) is 38.8 Å². The average Bonchev–Trinajstić information content (AvgIpc) is 3.18. The van der Waals surface area contributed by atoms with E-state index in [1.165, 1.54) is 0 Å². The third kappa shape index (κ3) is 4.31. The van der Waals surface area contributed by atoms with Crippen molar-refractivity contribution in [3.05, 3.63) is 58.1 Å². The second kappa shape index (κ2) is 8.45. The molecule has 0 N–H and O–H groups in total. The van der Waals surface area contributed by atoms with Gasteiger partial charge in [-0.05, 0) is 68.7 Å². The van der Waals surface area contributed by atoms with Gasteiger partial charge in [0, 0.05) is 29.2 Å². The first-order valence-corrected chi connectivity index (χ1v) is 9.40. The summed E-state index contributed by atoms with van der Waals surface area (Å²) in [5.74, 6) is 1.57. The summed E-state index contributed by atoms with van der Waals surface area (Å²) in [5, 5.41) is 0.713. The van der Waals surface area contributed by atoms with E-state index in [0.717, 1.165) is 48.6 Å². The van der Waals surface area contributed by atoms with E-state index in [9.17, 15) is 4.79 Å². The lowest BCUT2D eigenvalue weighted by Gasteiger charge is -2.17. The zero-order chi connectivity index (χ0) is 18.5. The SMILES string of the molecule is CCOc1ccc(C(=O)N2CCCC2)cc1COc1ccc(Cl)c(C)c1. The number of nitrogens with zero attached hydrogens (tertiary/aromatic N) is 1. The van der Waals surface area contributed by atoms with Crippen LogP contribution in [0.2, 0.25) is 5.02 Å². The lowest BCUT2D eigenvalue weighted by atomic mass is 10.1. The van der Waals surface area contributed by atoms with E-state index in [4.69, 9.17) is 21.1 Å². The summed E-state index contributed by atoms with van der Waals surface area (Å²) in [6.07, 6.45) is 2.16.